The Labute approximate surface area is 124 Å². The second-order valence-corrected chi connectivity index (χ2v) is 5.73. The number of carbonyl (C=O) groups is 2. The summed E-state index contributed by atoms with van der Waals surface area (Å²) in [6, 6.07) is 3.53. The van der Waals surface area contributed by atoms with Crippen LogP contribution in [0.1, 0.15) is 42.5 Å². The molecule has 5 heteroatoms. The highest BCUT2D eigenvalue weighted by Crippen LogP contribution is 2.34. The van der Waals surface area contributed by atoms with Crippen molar-refractivity contribution in [3.05, 3.63) is 23.9 Å². The number of methoxy groups -OCH3 is 1. The topological polar surface area (TPSA) is 59.5 Å². The zero-order chi connectivity index (χ0) is 14.8. The summed E-state index contributed by atoms with van der Waals surface area (Å²) >= 11 is 0. The largest absolute Gasteiger partial charge is 0.480 e. The van der Waals surface area contributed by atoms with Gasteiger partial charge in [0.05, 0.1) is 7.11 Å². The van der Waals surface area contributed by atoms with Gasteiger partial charge >= 0.3 is 0 Å². The van der Waals surface area contributed by atoms with Gasteiger partial charge < -0.3 is 9.64 Å². The highest BCUT2D eigenvalue weighted by molar-refractivity contribution is 5.97. The number of rotatable bonds is 3. The number of aromatic nitrogens is 1. The first-order chi connectivity index (χ1) is 10.2. The summed E-state index contributed by atoms with van der Waals surface area (Å²) in [7, 11) is 1.51. The number of ether oxygens (including phenoxy) is 1. The van der Waals surface area contributed by atoms with Gasteiger partial charge in [0, 0.05) is 31.1 Å². The number of ketones is 1. The maximum atomic E-state index is 12.8. The Morgan fingerprint density at radius 1 is 1.38 bits per heavy atom. The minimum absolute atomic E-state index is 0.0270. The van der Waals surface area contributed by atoms with Gasteiger partial charge in [0.1, 0.15) is 11.3 Å². The van der Waals surface area contributed by atoms with Crippen molar-refractivity contribution in [3.63, 3.8) is 0 Å². The standard InChI is InChI=1S/C16H20N2O3/c1-21-15-12(6-3-9-17-15)16(20)18-10-4-7-13(18)11-5-2-8-14(11)19/h3,6,9,11,13H,2,4-5,7-8,10H2,1H3. The number of hydrogen-bond acceptors (Lipinski definition) is 4. The molecule has 3 rings (SSSR count). The van der Waals surface area contributed by atoms with E-state index in [1.807, 2.05) is 4.90 Å². The smallest absolute Gasteiger partial charge is 0.259 e. The molecule has 1 aromatic rings. The highest BCUT2D eigenvalue weighted by atomic mass is 16.5. The molecular weight excluding hydrogens is 268 g/mol. The summed E-state index contributed by atoms with van der Waals surface area (Å²) in [5, 5.41) is 0. The first kappa shape index (κ1) is 14.0. The van der Waals surface area contributed by atoms with Crippen molar-refractivity contribution in [2.45, 2.75) is 38.1 Å². The average Bonchev–Trinajstić information content (AvgIpc) is 3.14. The number of hydrogen-bond donors (Lipinski definition) is 0. The second-order valence-electron chi connectivity index (χ2n) is 5.73. The molecule has 0 bridgehead atoms. The predicted molar refractivity (Wildman–Crippen MR) is 77.2 cm³/mol. The van der Waals surface area contributed by atoms with E-state index in [1.165, 1.54) is 7.11 Å². The molecule has 2 fully saturated rings. The predicted octanol–water partition coefficient (Wildman–Crippen LogP) is 2.06. The van der Waals surface area contributed by atoms with E-state index in [4.69, 9.17) is 4.74 Å². The van der Waals surface area contributed by atoms with E-state index in [1.54, 1.807) is 18.3 Å². The number of nitrogens with zero attached hydrogens (tertiary/aromatic N) is 2. The van der Waals surface area contributed by atoms with Gasteiger partial charge in [0.15, 0.2) is 0 Å². The van der Waals surface area contributed by atoms with E-state index in [-0.39, 0.29) is 17.9 Å². The molecule has 1 saturated carbocycles. The lowest BCUT2D eigenvalue weighted by atomic mass is 9.95. The van der Waals surface area contributed by atoms with Gasteiger partial charge in [-0.15, -0.1) is 0 Å². The molecule has 1 saturated heterocycles. The van der Waals surface area contributed by atoms with Crippen LogP contribution < -0.4 is 4.74 Å². The average molecular weight is 288 g/mol. The molecule has 0 radical (unpaired) electrons. The van der Waals surface area contributed by atoms with Gasteiger partial charge in [-0.05, 0) is 37.8 Å². The van der Waals surface area contributed by atoms with E-state index in [9.17, 15) is 9.59 Å². The molecule has 21 heavy (non-hydrogen) atoms. The molecule has 2 aliphatic rings. The van der Waals surface area contributed by atoms with Crippen LogP contribution in [0.2, 0.25) is 0 Å². The minimum atomic E-state index is -0.0675. The van der Waals surface area contributed by atoms with Crippen molar-refractivity contribution >= 4 is 11.7 Å². The van der Waals surface area contributed by atoms with Gasteiger partial charge in [0.2, 0.25) is 5.88 Å². The molecular formula is C16H20N2O3. The first-order valence-corrected chi connectivity index (χ1v) is 7.55. The van der Waals surface area contributed by atoms with Crippen LogP contribution >= 0.6 is 0 Å². The third-order valence-electron chi connectivity index (χ3n) is 4.57. The highest BCUT2D eigenvalue weighted by Gasteiger charge is 2.40. The van der Waals surface area contributed by atoms with Crippen molar-refractivity contribution in [2.24, 2.45) is 5.92 Å². The molecule has 112 valence electrons. The fraction of sp³-hybridized carbons (Fsp3) is 0.562. The molecule has 0 N–H and O–H groups in total. The SMILES string of the molecule is COc1ncccc1C(=O)N1CCCC1C1CCCC1=O. The monoisotopic (exact) mass is 288 g/mol. The second kappa shape index (κ2) is 5.84. The molecule has 2 unspecified atom stereocenters. The fourth-order valence-electron chi connectivity index (χ4n) is 3.58. The molecule has 1 aromatic heterocycles. The normalized spacial score (nSPS) is 25.4. The number of amides is 1. The zero-order valence-corrected chi connectivity index (χ0v) is 12.2. The van der Waals surface area contributed by atoms with E-state index in [0.29, 0.717) is 30.2 Å². The lowest BCUT2D eigenvalue weighted by Gasteiger charge is -2.29. The zero-order valence-electron chi connectivity index (χ0n) is 12.2. The Kier molecular flexibility index (Phi) is 3.90. The Balaban J connectivity index is 1.84. The summed E-state index contributed by atoms with van der Waals surface area (Å²) in [5.74, 6) is 0.630. The van der Waals surface area contributed by atoms with Crippen molar-refractivity contribution in [2.75, 3.05) is 13.7 Å². The third-order valence-corrected chi connectivity index (χ3v) is 4.57. The van der Waals surface area contributed by atoms with Crippen LogP contribution in [0.3, 0.4) is 0 Å². The Morgan fingerprint density at radius 2 is 2.24 bits per heavy atom. The Morgan fingerprint density at radius 3 is 2.95 bits per heavy atom. The maximum Gasteiger partial charge on any atom is 0.259 e. The number of likely N-dealkylation sites (tertiary alicyclic amines) is 1. The van der Waals surface area contributed by atoms with Crippen molar-refractivity contribution in [1.82, 2.24) is 9.88 Å². The molecule has 2 atom stereocenters. The molecule has 1 amide bonds. The van der Waals surface area contributed by atoms with Crippen LogP contribution in [0, 0.1) is 5.92 Å². The Hall–Kier alpha value is -1.91. The van der Waals surface area contributed by atoms with E-state index < -0.39 is 0 Å². The quantitative estimate of drug-likeness (QED) is 0.854. The van der Waals surface area contributed by atoms with Crippen LogP contribution in [-0.4, -0.2) is 41.3 Å². The molecule has 1 aliphatic carbocycles. The molecule has 0 aromatic carbocycles. The fourth-order valence-corrected chi connectivity index (χ4v) is 3.58. The van der Waals surface area contributed by atoms with Gasteiger partial charge in [-0.2, -0.15) is 0 Å². The van der Waals surface area contributed by atoms with E-state index in [2.05, 4.69) is 4.98 Å². The first-order valence-electron chi connectivity index (χ1n) is 7.55. The third kappa shape index (κ3) is 2.52. The molecule has 5 nitrogen and oxygen atoms in total. The van der Waals surface area contributed by atoms with Crippen molar-refractivity contribution in [1.29, 1.82) is 0 Å². The summed E-state index contributed by atoms with van der Waals surface area (Å²) in [6.45, 7) is 0.714. The lowest BCUT2D eigenvalue weighted by molar-refractivity contribution is -0.121. The molecule has 1 aliphatic heterocycles. The molecule has 0 spiro atoms. The van der Waals surface area contributed by atoms with Gasteiger partial charge in [0.25, 0.3) is 5.91 Å². The van der Waals surface area contributed by atoms with Gasteiger partial charge in [-0.1, -0.05) is 0 Å². The van der Waals surface area contributed by atoms with Crippen LogP contribution in [0.15, 0.2) is 18.3 Å². The van der Waals surface area contributed by atoms with Crippen LogP contribution in [-0.2, 0) is 4.79 Å². The van der Waals surface area contributed by atoms with E-state index >= 15 is 0 Å². The van der Waals surface area contributed by atoms with Crippen LogP contribution in [0.4, 0.5) is 0 Å². The minimum Gasteiger partial charge on any atom is -0.480 e. The van der Waals surface area contributed by atoms with Crippen molar-refractivity contribution < 1.29 is 14.3 Å². The summed E-state index contributed by atoms with van der Waals surface area (Å²) in [4.78, 5) is 30.8. The number of Topliss-reactive ketones (excluding diaryl/α,β-unsaturated/α-hetero) is 1. The summed E-state index contributed by atoms with van der Waals surface area (Å²) < 4.78 is 5.18. The lowest BCUT2D eigenvalue weighted by Crippen LogP contribution is -2.41. The summed E-state index contributed by atoms with van der Waals surface area (Å²) in [6.07, 6.45) is 6.03. The van der Waals surface area contributed by atoms with E-state index in [0.717, 1.165) is 25.7 Å². The number of pyridine rings is 1. The van der Waals surface area contributed by atoms with Crippen LogP contribution in [0.25, 0.3) is 0 Å². The maximum absolute atomic E-state index is 12.8. The number of carbonyl (C=O) groups excluding carboxylic acids is 2. The van der Waals surface area contributed by atoms with Crippen LogP contribution in [0.5, 0.6) is 5.88 Å². The van der Waals surface area contributed by atoms with Crippen molar-refractivity contribution in [3.8, 4) is 5.88 Å². The Bertz CT molecular complexity index is 558. The molecule has 2 heterocycles. The van der Waals surface area contributed by atoms with Gasteiger partial charge in [-0.25, -0.2) is 4.98 Å². The van der Waals surface area contributed by atoms with Gasteiger partial charge in [-0.3, -0.25) is 9.59 Å². The summed E-state index contributed by atoms with van der Waals surface area (Å²) in [5.41, 5.74) is 0.484.